The number of primary amides is 1. The Balaban J connectivity index is 2.81. The highest BCUT2D eigenvalue weighted by atomic mass is 16.3. The quantitative estimate of drug-likeness (QED) is 0.361. The van der Waals surface area contributed by atoms with Crippen LogP contribution in [0.4, 0.5) is 0 Å². The monoisotopic (exact) mass is 268 g/mol. The molecule has 0 aromatic carbocycles. The molecule has 0 spiro atoms. The highest BCUT2D eigenvalue weighted by Crippen LogP contribution is 2.14. The summed E-state index contributed by atoms with van der Waals surface area (Å²) < 4.78 is 5.09. The summed E-state index contributed by atoms with van der Waals surface area (Å²) in [6, 6.07) is 1.68. The Morgan fingerprint density at radius 1 is 1.47 bits per heavy atom. The number of nitrogen functional groups attached to an aromatic ring is 1. The lowest BCUT2D eigenvalue weighted by Crippen LogP contribution is -2.36. The van der Waals surface area contributed by atoms with Gasteiger partial charge in [0.25, 0.3) is 0 Å². The van der Waals surface area contributed by atoms with E-state index in [0.29, 0.717) is 24.6 Å². The summed E-state index contributed by atoms with van der Waals surface area (Å²) >= 11 is 0. The number of nitrogens with two attached hydrogens (primary N) is 2. The zero-order chi connectivity index (χ0) is 14.4. The molecule has 1 aromatic rings. The van der Waals surface area contributed by atoms with E-state index in [1.165, 1.54) is 6.26 Å². The van der Waals surface area contributed by atoms with E-state index in [1.807, 2.05) is 24.2 Å². The van der Waals surface area contributed by atoms with Crippen molar-refractivity contribution >= 4 is 11.8 Å². The first kappa shape index (κ1) is 15.2. The number of amides is 2. The van der Waals surface area contributed by atoms with Crippen LogP contribution >= 0.6 is 0 Å². The lowest BCUT2D eigenvalue weighted by Gasteiger charge is -2.22. The molecule has 0 fully saturated rings. The number of carbonyl (C=O) groups excluding carboxylic acids is 2. The van der Waals surface area contributed by atoms with Gasteiger partial charge in [-0.15, -0.1) is 0 Å². The number of hydrazine groups is 1. The maximum Gasteiger partial charge on any atom is 0.301 e. The van der Waals surface area contributed by atoms with Crippen molar-refractivity contribution in [2.75, 3.05) is 13.1 Å². The minimum Gasteiger partial charge on any atom is -0.459 e. The molecule has 0 radical (unpaired) electrons. The summed E-state index contributed by atoms with van der Waals surface area (Å²) in [6.07, 6.45) is 1.41. The Morgan fingerprint density at radius 2 is 2.16 bits per heavy atom. The Hall–Kier alpha value is -1.86. The smallest absolute Gasteiger partial charge is 0.301 e. The Kier molecular flexibility index (Phi) is 5.53. The molecule has 0 aliphatic carbocycles. The molecule has 0 saturated carbocycles. The topological polar surface area (TPSA) is 115 Å². The van der Waals surface area contributed by atoms with E-state index in [4.69, 9.17) is 16.0 Å². The van der Waals surface area contributed by atoms with Crippen LogP contribution in [0.25, 0.3) is 0 Å². The molecule has 7 heteroatoms. The van der Waals surface area contributed by atoms with Crippen LogP contribution in [-0.2, 0) is 11.3 Å². The van der Waals surface area contributed by atoms with Crippen LogP contribution in [0.2, 0.25) is 0 Å². The van der Waals surface area contributed by atoms with Gasteiger partial charge in [0.1, 0.15) is 0 Å². The molecule has 0 aliphatic heterocycles. The summed E-state index contributed by atoms with van der Waals surface area (Å²) in [5, 5.41) is 0. The molecule has 0 unspecified atom stereocenters. The van der Waals surface area contributed by atoms with Crippen molar-refractivity contribution < 1.29 is 14.0 Å². The molecule has 0 aliphatic rings. The van der Waals surface area contributed by atoms with E-state index in [-0.39, 0.29) is 12.3 Å². The molecule has 1 heterocycles. The summed E-state index contributed by atoms with van der Waals surface area (Å²) in [5.41, 5.74) is 7.91. The Morgan fingerprint density at radius 3 is 2.68 bits per heavy atom. The average molecular weight is 268 g/mol. The van der Waals surface area contributed by atoms with Gasteiger partial charge in [-0.1, -0.05) is 13.8 Å². The minimum atomic E-state index is -0.497. The van der Waals surface area contributed by atoms with Crippen molar-refractivity contribution in [2.45, 2.75) is 20.4 Å². The van der Waals surface area contributed by atoms with Crippen molar-refractivity contribution in [1.82, 2.24) is 10.3 Å². The van der Waals surface area contributed by atoms with Crippen molar-refractivity contribution in [2.24, 2.45) is 17.5 Å². The second-order valence-electron chi connectivity index (χ2n) is 4.78. The van der Waals surface area contributed by atoms with Gasteiger partial charge in [0.2, 0.25) is 5.91 Å². The summed E-state index contributed by atoms with van der Waals surface area (Å²) in [5.74, 6) is 4.70. The maximum atomic E-state index is 11.5. The van der Waals surface area contributed by atoms with E-state index in [2.05, 4.69) is 0 Å². The number of nitrogens with one attached hydrogen (secondary N) is 1. The second-order valence-corrected chi connectivity index (χ2v) is 4.78. The fourth-order valence-electron chi connectivity index (χ4n) is 1.89. The number of hydrogen-bond acceptors (Lipinski definition) is 5. The molecule has 0 atom stereocenters. The zero-order valence-corrected chi connectivity index (χ0v) is 11.2. The van der Waals surface area contributed by atoms with Crippen molar-refractivity contribution in [3.8, 4) is 0 Å². The number of carbonyl (C=O) groups is 2. The molecule has 2 amide bonds. The van der Waals surface area contributed by atoms with Gasteiger partial charge >= 0.3 is 5.91 Å². The van der Waals surface area contributed by atoms with Crippen LogP contribution in [0.15, 0.2) is 16.7 Å². The first-order valence-corrected chi connectivity index (χ1v) is 6.02. The van der Waals surface area contributed by atoms with Crippen molar-refractivity contribution in [3.05, 3.63) is 23.7 Å². The van der Waals surface area contributed by atoms with Crippen LogP contribution < -0.4 is 17.0 Å². The number of rotatable bonds is 7. The average Bonchev–Trinajstić information content (AvgIpc) is 2.74. The predicted molar refractivity (Wildman–Crippen MR) is 69.7 cm³/mol. The largest absolute Gasteiger partial charge is 0.459 e. The van der Waals surface area contributed by atoms with Gasteiger partial charge in [-0.3, -0.25) is 19.9 Å². The van der Waals surface area contributed by atoms with Crippen LogP contribution in [0, 0.1) is 5.92 Å². The first-order valence-electron chi connectivity index (χ1n) is 6.02. The van der Waals surface area contributed by atoms with E-state index in [1.54, 1.807) is 6.07 Å². The molecular weight excluding hydrogens is 248 g/mol. The summed E-state index contributed by atoms with van der Waals surface area (Å²) in [7, 11) is 0. The van der Waals surface area contributed by atoms with Crippen LogP contribution in [-0.4, -0.2) is 29.8 Å². The molecule has 0 saturated heterocycles. The molecule has 7 nitrogen and oxygen atoms in total. The van der Waals surface area contributed by atoms with Gasteiger partial charge in [-0.25, -0.2) is 5.84 Å². The number of hydrogen-bond donors (Lipinski definition) is 3. The van der Waals surface area contributed by atoms with Gasteiger partial charge in [-0.05, 0) is 12.0 Å². The van der Waals surface area contributed by atoms with E-state index in [9.17, 15) is 9.59 Å². The normalized spacial score (nSPS) is 11.0. The second kappa shape index (κ2) is 6.91. The van der Waals surface area contributed by atoms with E-state index >= 15 is 0 Å². The first-order chi connectivity index (χ1) is 8.93. The Labute approximate surface area is 111 Å². The predicted octanol–water partition coefficient (Wildman–Crippen LogP) is -0.174. The highest BCUT2D eigenvalue weighted by molar-refractivity contribution is 5.92. The summed E-state index contributed by atoms with van der Waals surface area (Å²) in [6.45, 7) is 5.30. The van der Waals surface area contributed by atoms with Gasteiger partial charge < -0.3 is 10.2 Å². The molecule has 1 rings (SSSR count). The zero-order valence-electron chi connectivity index (χ0n) is 11.2. The highest BCUT2D eigenvalue weighted by Gasteiger charge is 2.18. The maximum absolute atomic E-state index is 11.5. The number of nitrogens with zero attached hydrogens (tertiary/aromatic N) is 1. The number of furan rings is 1. The van der Waals surface area contributed by atoms with Gasteiger partial charge in [0.05, 0.1) is 12.8 Å². The third kappa shape index (κ3) is 4.72. The third-order valence-corrected chi connectivity index (χ3v) is 2.48. The van der Waals surface area contributed by atoms with Crippen LogP contribution in [0.1, 0.15) is 30.0 Å². The fourth-order valence-corrected chi connectivity index (χ4v) is 1.89. The fraction of sp³-hybridized carbons (Fsp3) is 0.500. The third-order valence-electron chi connectivity index (χ3n) is 2.48. The lowest BCUT2D eigenvalue weighted by molar-refractivity contribution is -0.119. The van der Waals surface area contributed by atoms with Crippen LogP contribution in [0.3, 0.4) is 0 Å². The van der Waals surface area contributed by atoms with Crippen molar-refractivity contribution in [3.63, 3.8) is 0 Å². The van der Waals surface area contributed by atoms with Crippen LogP contribution in [0.5, 0.6) is 0 Å². The molecular formula is C12H20N4O3. The Bertz CT molecular complexity index is 442. The summed E-state index contributed by atoms with van der Waals surface area (Å²) in [4.78, 5) is 24.4. The molecule has 19 heavy (non-hydrogen) atoms. The molecule has 106 valence electrons. The molecule has 1 aromatic heterocycles. The van der Waals surface area contributed by atoms with E-state index < -0.39 is 11.8 Å². The van der Waals surface area contributed by atoms with E-state index in [0.717, 1.165) is 0 Å². The SMILES string of the molecule is CC(C)CN(CC(N)=O)Cc1ccoc1C(=O)NN. The lowest BCUT2D eigenvalue weighted by atomic mass is 10.1. The molecule has 0 bridgehead atoms. The molecule has 5 N–H and O–H groups in total. The van der Waals surface area contributed by atoms with Gasteiger partial charge in [-0.2, -0.15) is 0 Å². The minimum absolute atomic E-state index is 0.132. The standard InChI is InChI=1S/C12H20N4O3/c1-8(2)5-16(7-10(13)17)6-9-3-4-19-11(9)12(18)15-14/h3-4,8H,5-7,14H2,1-2H3,(H2,13,17)(H,15,18). The van der Waals surface area contributed by atoms with Crippen molar-refractivity contribution in [1.29, 1.82) is 0 Å². The van der Waals surface area contributed by atoms with Gasteiger partial charge in [0.15, 0.2) is 5.76 Å². The van der Waals surface area contributed by atoms with Gasteiger partial charge in [0, 0.05) is 18.7 Å².